The number of ketones is 1. The van der Waals surface area contributed by atoms with Crippen LogP contribution in [0, 0.1) is 0 Å². The van der Waals surface area contributed by atoms with Gasteiger partial charge in [0, 0.05) is 6.04 Å². The molecule has 0 aliphatic heterocycles. The van der Waals surface area contributed by atoms with E-state index < -0.39 is 0 Å². The summed E-state index contributed by atoms with van der Waals surface area (Å²) in [6.07, 6.45) is 8.00. The lowest BCUT2D eigenvalue weighted by Crippen LogP contribution is -2.34. The maximum Gasteiger partial charge on any atom is 0.143 e. The zero-order chi connectivity index (χ0) is 9.68. The van der Waals surface area contributed by atoms with E-state index in [1.54, 1.807) is 6.92 Å². The lowest BCUT2D eigenvalue weighted by atomic mass is 10.1. The smallest absolute Gasteiger partial charge is 0.143 e. The number of nitrogens with zero attached hydrogens (tertiary/aromatic N) is 1. The zero-order valence-corrected chi connectivity index (χ0v) is 8.88. The van der Waals surface area contributed by atoms with Crippen LogP contribution in [-0.4, -0.2) is 30.3 Å². The normalized spacial score (nSPS) is 20.2. The summed E-state index contributed by atoms with van der Waals surface area (Å²) < 4.78 is 0. The first-order chi connectivity index (χ1) is 6.20. The van der Waals surface area contributed by atoms with Crippen LogP contribution in [0.15, 0.2) is 0 Å². The van der Waals surface area contributed by atoms with Crippen LogP contribution in [0.4, 0.5) is 0 Å². The van der Waals surface area contributed by atoms with Gasteiger partial charge in [-0.2, -0.15) is 0 Å². The van der Waals surface area contributed by atoms with Crippen molar-refractivity contribution in [3.8, 4) is 0 Å². The van der Waals surface area contributed by atoms with Crippen molar-refractivity contribution >= 4 is 5.78 Å². The van der Waals surface area contributed by atoms with Gasteiger partial charge in [0.15, 0.2) is 0 Å². The summed E-state index contributed by atoms with van der Waals surface area (Å²) in [4.78, 5) is 13.2. The maximum atomic E-state index is 10.9. The molecule has 1 aliphatic carbocycles. The Morgan fingerprint density at radius 2 is 1.77 bits per heavy atom. The SMILES string of the molecule is CC(=O)CN(C)C1CCCCCC1. The summed E-state index contributed by atoms with van der Waals surface area (Å²) >= 11 is 0. The Morgan fingerprint density at radius 1 is 1.23 bits per heavy atom. The van der Waals surface area contributed by atoms with Gasteiger partial charge in [-0.15, -0.1) is 0 Å². The number of rotatable bonds is 3. The standard InChI is InChI=1S/C11H21NO/c1-10(13)9-12(2)11-7-5-3-4-6-8-11/h11H,3-9H2,1-2H3. The first-order valence-electron chi connectivity index (χ1n) is 5.40. The highest BCUT2D eigenvalue weighted by atomic mass is 16.1. The van der Waals surface area contributed by atoms with Crippen LogP contribution in [0.25, 0.3) is 0 Å². The largest absolute Gasteiger partial charge is 0.299 e. The molecule has 2 nitrogen and oxygen atoms in total. The van der Waals surface area contributed by atoms with Gasteiger partial charge in [0.1, 0.15) is 5.78 Å². The van der Waals surface area contributed by atoms with E-state index in [4.69, 9.17) is 0 Å². The molecule has 0 bridgehead atoms. The van der Waals surface area contributed by atoms with Gasteiger partial charge in [0.2, 0.25) is 0 Å². The summed E-state index contributed by atoms with van der Waals surface area (Å²) in [6, 6.07) is 0.659. The second kappa shape index (κ2) is 5.38. The van der Waals surface area contributed by atoms with Crippen molar-refractivity contribution in [3.05, 3.63) is 0 Å². The van der Waals surface area contributed by atoms with Crippen LogP contribution in [0.5, 0.6) is 0 Å². The van der Waals surface area contributed by atoms with Crippen molar-refractivity contribution in [1.29, 1.82) is 0 Å². The van der Waals surface area contributed by atoms with Crippen molar-refractivity contribution < 1.29 is 4.79 Å². The van der Waals surface area contributed by atoms with Crippen molar-refractivity contribution in [1.82, 2.24) is 4.90 Å². The number of carbonyl (C=O) groups is 1. The fraction of sp³-hybridized carbons (Fsp3) is 0.909. The van der Waals surface area contributed by atoms with Crippen molar-refractivity contribution in [3.63, 3.8) is 0 Å². The second-order valence-electron chi connectivity index (χ2n) is 4.26. The van der Waals surface area contributed by atoms with Gasteiger partial charge < -0.3 is 0 Å². The monoisotopic (exact) mass is 183 g/mol. The third kappa shape index (κ3) is 3.90. The molecule has 0 aromatic carbocycles. The van der Waals surface area contributed by atoms with E-state index >= 15 is 0 Å². The molecule has 1 aliphatic rings. The Hall–Kier alpha value is -0.370. The molecule has 0 amide bonds. The third-order valence-electron chi connectivity index (χ3n) is 2.92. The fourth-order valence-electron chi connectivity index (χ4n) is 2.18. The lowest BCUT2D eigenvalue weighted by Gasteiger charge is -2.25. The summed E-state index contributed by atoms with van der Waals surface area (Å²) in [5, 5.41) is 0. The summed E-state index contributed by atoms with van der Waals surface area (Å²) in [5.41, 5.74) is 0. The topological polar surface area (TPSA) is 20.3 Å². The van der Waals surface area contributed by atoms with Crippen molar-refractivity contribution in [2.45, 2.75) is 51.5 Å². The van der Waals surface area contributed by atoms with E-state index in [0.717, 1.165) is 0 Å². The van der Waals surface area contributed by atoms with Crippen LogP contribution < -0.4 is 0 Å². The van der Waals surface area contributed by atoms with Gasteiger partial charge in [-0.05, 0) is 26.8 Å². The molecule has 13 heavy (non-hydrogen) atoms. The Morgan fingerprint density at radius 3 is 2.23 bits per heavy atom. The van der Waals surface area contributed by atoms with Gasteiger partial charge in [-0.1, -0.05) is 25.7 Å². The Labute approximate surface area is 81.3 Å². The highest BCUT2D eigenvalue weighted by Crippen LogP contribution is 2.20. The van der Waals surface area contributed by atoms with Crippen LogP contribution >= 0.6 is 0 Å². The molecule has 76 valence electrons. The zero-order valence-electron chi connectivity index (χ0n) is 8.88. The summed E-state index contributed by atoms with van der Waals surface area (Å²) in [6.45, 7) is 2.30. The minimum absolute atomic E-state index is 0.284. The molecule has 1 rings (SSSR count). The van der Waals surface area contributed by atoms with Gasteiger partial charge in [-0.25, -0.2) is 0 Å². The van der Waals surface area contributed by atoms with E-state index in [0.29, 0.717) is 12.6 Å². The maximum absolute atomic E-state index is 10.9. The van der Waals surface area contributed by atoms with Gasteiger partial charge in [0.05, 0.1) is 6.54 Å². The van der Waals surface area contributed by atoms with E-state index in [9.17, 15) is 4.79 Å². The lowest BCUT2D eigenvalue weighted by molar-refractivity contribution is -0.118. The van der Waals surface area contributed by atoms with Crippen LogP contribution in [0.3, 0.4) is 0 Å². The molecule has 1 saturated carbocycles. The van der Waals surface area contributed by atoms with Gasteiger partial charge in [0.25, 0.3) is 0 Å². The van der Waals surface area contributed by atoms with E-state index in [-0.39, 0.29) is 5.78 Å². The Bertz CT molecular complexity index is 159. The van der Waals surface area contributed by atoms with Gasteiger partial charge in [-0.3, -0.25) is 9.69 Å². The highest BCUT2D eigenvalue weighted by molar-refractivity contribution is 5.77. The number of carbonyl (C=O) groups excluding carboxylic acids is 1. The average molecular weight is 183 g/mol. The summed E-state index contributed by atoms with van der Waals surface area (Å²) in [7, 11) is 2.08. The molecule has 0 heterocycles. The molecule has 0 spiro atoms. The fourth-order valence-corrected chi connectivity index (χ4v) is 2.18. The molecule has 1 fully saturated rings. The summed E-state index contributed by atoms with van der Waals surface area (Å²) in [5.74, 6) is 0.284. The minimum atomic E-state index is 0.284. The molecule has 0 aromatic rings. The quantitative estimate of drug-likeness (QED) is 0.625. The predicted octanol–water partition coefficient (Wildman–Crippen LogP) is 2.23. The molecule has 0 N–H and O–H groups in total. The van der Waals surface area contributed by atoms with E-state index in [1.165, 1.54) is 38.5 Å². The van der Waals surface area contributed by atoms with E-state index in [1.807, 2.05) is 0 Å². The number of likely N-dealkylation sites (N-methyl/N-ethyl adjacent to an activating group) is 1. The third-order valence-corrected chi connectivity index (χ3v) is 2.92. The molecular formula is C11H21NO. The molecule has 0 aromatic heterocycles. The highest BCUT2D eigenvalue weighted by Gasteiger charge is 2.17. The number of hydrogen-bond acceptors (Lipinski definition) is 2. The predicted molar refractivity (Wildman–Crippen MR) is 54.8 cm³/mol. The second-order valence-corrected chi connectivity index (χ2v) is 4.26. The first kappa shape index (κ1) is 10.7. The molecule has 0 unspecified atom stereocenters. The van der Waals surface area contributed by atoms with Gasteiger partial charge >= 0.3 is 0 Å². The van der Waals surface area contributed by atoms with E-state index in [2.05, 4.69) is 11.9 Å². The average Bonchev–Trinajstić information content (AvgIpc) is 2.29. The molecule has 0 radical (unpaired) electrons. The van der Waals surface area contributed by atoms with Crippen molar-refractivity contribution in [2.24, 2.45) is 0 Å². The Balaban J connectivity index is 2.34. The molecule has 0 saturated heterocycles. The van der Waals surface area contributed by atoms with Crippen molar-refractivity contribution in [2.75, 3.05) is 13.6 Å². The first-order valence-corrected chi connectivity index (χ1v) is 5.40. The van der Waals surface area contributed by atoms with Crippen LogP contribution in [0.1, 0.15) is 45.4 Å². The molecular weight excluding hydrogens is 162 g/mol. The number of hydrogen-bond donors (Lipinski definition) is 0. The molecule has 2 heteroatoms. The van der Waals surface area contributed by atoms with Crippen LogP contribution in [-0.2, 0) is 4.79 Å². The van der Waals surface area contributed by atoms with Crippen LogP contribution in [0.2, 0.25) is 0 Å². The number of Topliss-reactive ketones (excluding diaryl/α,β-unsaturated/α-hetero) is 1. The Kier molecular flexibility index (Phi) is 4.43. The minimum Gasteiger partial charge on any atom is -0.299 e. The molecule has 0 atom stereocenters.